The lowest BCUT2D eigenvalue weighted by Crippen LogP contribution is -2.61. The van der Waals surface area contributed by atoms with E-state index >= 15 is 0 Å². The van der Waals surface area contributed by atoms with Gasteiger partial charge in [0, 0.05) is 88.9 Å². The van der Waals surface area contributed by atoms with Crippen molar-refractivity contribution in [3.63, 3.8) is 0 Å². The molecule has 0 saturated carbocycles. The van der Waals surface area contributed by atoms with E-state index < -0.39 is 0 Å². The minimum Gasteiger partial charge on any atom is -0.311 e. The molecule has 0 aliphatic carbocycles. The van der Waals surface area contributed by atoms with Gasteiger partial charge in [0.25, 0.3) is 6.71 Å². The number of anilines is 6. The number of rotatable bonds is 7. The Balaban J connectivity index is 1.04. The van der Waals surface area contributed by atoms with Crippen LogP contribution in [0, 0.1) is 0 Å². The summed E-state index contributed by atoms with van der Waals surface area (Å²) in [6, 6.07) is 113. The Morgan fingerprint density at radius 3 is 1.00 bits per heavy atom. The zero-order chi connectivity index (χ0) is 55.0. The van der Waals surface area contributed by atoms with Crippen LogP contribution in [0.3, 0.4) is 0 Å². The van der Waals surface area contributed by atoms with E-state index in [-0.39, 0.29) is 6.71 Å². The molecule has 390 valence electrons. The first-order chi connectivity index (χ1) is 41.7. The van der Waals surface area contributed by atoms with E-state index in [9.17, 15) is 0 Å². The number of nitrogens with zero attached hydrogens (tertiary/aromatic N) is 5. The molecule has 5 heterocycles. The van der Waals surface area contributed by atoms with Crippen LogP contribution < -0.4 is 26.2 Å². The molecule has 0 bridgehead atoms. The van der Waals surface area contributed by atoms with Crippen LogP contribution in [0.15, 0.2) is 303 Å². The van der Waals surface area contributed by atoms with Gasteiger partial charge in [-0.1, -0.05) is 218 Å². The lowest BCUT2D eigenvalue weighted by Gasteiger charge is -2.44. The summed E-state index contributed by atoms with van der Waals surface area (Å²) in [5.74, 6) is 0. The van der Waals surface area contributed by atoms with Crippen LogP contribution in [0.2, 0.25) is 0 Å². The van der Waals surface area contributed by atoms with Crippen molar-refractivity contribution in [2.45, 2.75) is 0 Å². The number of benzene rings is 13. The fraction of sp³-hybridized carbons (Fsp3) is 0. The molecule has 5 nitrogen and oxygen atoms in total. The molecule has 18 rings (SSSR count). The van der Waals surface area contributed by atoms with E-state index in [1.807, 2.05) is 0 Å². The number of hydrogen-bond acceptors (Lipinski definition) is 2. The van der Waals surface area contributed by atoms with E-state index in [1.165, 1.54) is 93.0 Å². The second kappa shape index (κ2) is 18.2. The molecular formula is C78H50BN5. The fourth-order valence-electron chi connectivity index (χ4n) is 14.5. The third-order valence-electron chi connectivity index (χ3n) is 17.9. The van der Waals surface area contributed by atoms with Gasteiger partial charge in [0.2, 0.25) is 0 Å². The minimum atomic E-state index is -0.182. The summed E-state index contributed by atoms with van der Waals surface area (Å²) in [4.78, 5) is 5.16. The second-order valence-corrected chi connectivity index (χ2v) is 22.4. The zero-order valence-corrected chi connectivity index (χ0v) is 45.7. The molecule has 16 aromatic rings. The standard InChI is InChI=1S/C78H50BN5/c1-7-25-51(26-8-1)58-39-23-41-62-63-42-24-40-59(52-27-9-2-10-28-52)78(63)84(77(58)62)57-45-74-76-75(46-57)83(56-35-17-6-18-36-56)73-50-71-65(61-38-20-22-44-69(61)81(71)54-31-13-4-14-32-54)48-67(73)79(76)66-47-64-60-37-19-21-43-68(60)80(53-29-11-3-12-30-53)70(64)49-72(66)82(74)55-33-15-5-16-34-55/h1-50H. The molecule has 0 saturated heterocycles. The molecule has 0 spiro atoms. The SMILES string of the molecule is c1ccc(-c2cccc3c4cccc(-c5ccccc5)c4n(-c4cc5c6c(c4)N(c4ccccc4)c4cc7c(cc4B6c4cc6c8ccccc8n(-c8ccccc8)c6cc4N5c4ccccc4)c4ccccc4n7-c4ccccc4)c23)cc1. The summed E-state index contributed by atoms with van der Waals surface area (Å²) in [7, 11) is 0. The highest BCUT2D eigenvalue weighted by Crippen LogP contribution is 2.50. The number of aromatic nitrogens is 3. The van der Waals surface area contributed by atoms with Gasteiger partial charge >= 0.3 is 0 Å². The highest BCUT2D eigenvalue weighted by Gasteiger charge is 2.45. The molecule has 2 aliphatic rings. The molecule has 0 amide bonds. The van der Waals surface area contributed by atoms with Gasteiger partial charge in [-0.25, -0.2) is 0 Å². The van der Waals surface area contributed by atoms with Crippen LogP contribution in [-0.2, 0) is 0 Å². The van der Waals surface area contributed by atoms with Gasteiger partial charge in [0.15, 0.2) is 0 Å². The van der Waals surface area contributed by atoms with Gasteiger partial charge in [-0.05, 0) is 112 Å². The first kappa shape index (κ1) is 46.7. The maximum Gasteiger partial charge on any atom is 0.252 e. The molecule has 0 atom stereocenters. The average molecular weight is 1070 g/mol. The fourth-order valence-corrected chi connectivity index (χ4v) is 14.5. The predicted molar refractivity (Wildman–Crippen MR) is 354 cm³/mol. The van der Waals surface area contributed by atoms with Gasteiger partial charge in [0.1, 0.15) is 0 Å². The summed E-state index contributed by atoms with van der Waals surface area (Å²) in [6.45, 7) is -0.182. The third kappa shape index (κ3) is 6.73. The largest absolute Gasteiger partial charge is 0.311 e. The van der Waals surface area contributed by atoms with Crippen molar-refractivity contribution in [1.29, 1.82) is 0 Å². The summed E-state index contributed by atoms with van der Waals surface area (Å²) >= 11 is 0. The average Bonchev–Trinajstić information content (AvgIpc) is 1.23. The molecule has 2 aliphatic heterocycles. The van der Waals surface area contributed by atoms with E-state index in [0.29, 0.717) is 0 Å². The summed E-state index contributed by atoms with van der Waals surface area (Å²) in [5.41, 5.74) is 25.6. The lowest BCUT2D eigenvalue weighted by molar-refractivity contribution is 1.16. The van der Waals surface area contributed by atoms with Crippen LogP contribution in [0.1, 0.15) is 0 Å². The van der Waals surface area contributed by atoms with Gasteiger partial charge < -0.3 is 23.5 Å². The van der Waals surface area contributed by atoms with Crippen molar-refractivity contribution >= 4 is 123 Å². The van der Waals surface area contributed by atoms with Crippen molar-refractivity contribution in [2.24, 2.45) is 0 Å². The van der Waals surface area contributed by atoms with E-state index in [0.717, 1.165) is 62.2 Å². The lowest BCUT2D eigenvalue weighted by atomic mass is 9.33. The van der Waals surface area contributed by atoms with Crippen molar-refractivity contribution < 1.29 is 0 Å². The maximum atomic E-state index is 2.60. The van der Waals surface area contributed by atoms with Crippen molar-refractivity contribution in [1.82, 2.24) is 13.7 Å². The van der Waals surface area contributed by atoms with E-state index in [4.69, 9.17) is 0 Å². The van der Waals surface area contributed by atoms with Gasteiger partial charge in [-0.2, -0.15) is 0 Å². The first-order valence-corrected chi connectivity index (χ1v) is 29.0. The molecule has 13 aromatic carbocycles. The summed E-state index contributed by atoms with van der Waals surface area (Å²) in [6.07, 6.45) is 0. The van der Waals surface area contributed by atoms with Crippen molar-refractivity contribution in [3.8, 4) is 39.3 Å². The molecule has 0 fully saturated rings. The molecular weight excluding hydrogens is 1020 g/mol. The maximum absolute atomic E-state index is 2.60. The molecule has 0 unspecified atom stereocenters. The molecule has 3 aromatic heterocycles. The van der Waals surface area contributed by atoms with Crippen LogP contribution in [0.25, 0.3) is 105 Å². The van der Waals surface area contributed by atoms with Crippen LogP contribution in [-0.4, -0.2) is 20.4 Å². The van der Waals surface area contributed by atoms with Crippen LogP contribution in [0.4, 0.5) is 34.1 Å². The topological polar surface area (TPSA) is 21.3 Å². The first-order valence-electron chi connectivity index (χ1n) is 29.0. The van der Waals surface area contributed by atoms with Gasteiger partial charge in [-0.3, -0.25) is 0 Å². The Morgan fingerprint density at radius 2 is 0.583 bits per heavy atom. The molecule has 6 heteroatoms. The van der Waals surface area contributed by atoms with Crippen LogP contribution >= 0.6 is 0 Å². The Kier molecular flexibility index (Phi) is 10.1. The van der Waals surface area contributed by atoms with E-state index in [2.05, 4.69) is 327 Å². The zero-order valence-electron chi connectivity index (χ0n) is 45.7. The van der Waals surface area contributed by atoms with Gasteiger partial charge in [0.05, 0.1) is 38.8 Å². The Labute approximate surface area is 486 Å². The van der Waals surface area contributed by atoms with Crippen molar-refractivity contribution in [3.05, 3.63) is 303 Å². The monoisotopic (exact) mass is 1070 g/mol. The number of para-hydroxylation sites is 8. The smallest absolute Gasteiger partial charge is 0.252 e. The highest BCUT2D eigenvalue weighted by atomic mass is 15.2. The molecule has 84 heavy (non-hydrogen) atoms. The normalized spacial score (nSPS) is 12.7. The van der Waals surface area contributed by atoms with Crippen LogP contribution in [0.5, 0.6) is 0 Å². The quantitative estimate of drug-likeness (QED) is 0.148. The number of hydrogen-bond donors (Lipinski definition) is 0. The molecule has 0 N–H and O–H groups in total. The Hall–Kier alpha value is -11.1. The summed E-state index contributed by atoms with van der Waals surface area (Å²) in [5, 5.41) is 7.31. The Bertz CT molecular complexity index is 4980. The van der Waals surface area contributed by atoms with E-state index in [1.54, 1.807) is 0 Å². The predicted octanol–water partition coefficient (Wildman–Crippen LogP) is 18.4. The Morgan fingerprint density at radius 1 is 0.226 bits per heavy atom. The second-order valence-electron chi connectivity index (χ2n) is 22.4. The third-order valence-corrected chi connectivity index (χ3v) is 17.9. The summed E-state index contributed by atoms with van der Waals surface area (Å²) < 4.78 is 7.53. The highest BCUT2D eigenvalue weighted by molar-refractivity contribution is 7.00. The van der Waals surface area contributed by atoms with Crippen molar-refractivity contribution in [2.75, 3.05) is 9.80 Å². The number of fused-ring (bicyclic) bond motifs is 13. The minimum absolute atomic E-state index is 0.182. The molecule has 0 radical (unpaired) electrons. The van der Waals surface area contributed by atoms with Gasteiger partial charge in [-0.15, -0.1) is 0 Å².